The Kier molecular flexibility index (Phi) is 4.39. The molecule has 2 amide bonds. The first kappa shape index (κ1) is 13.8. The monoisotopic (exact) mass is 268 g/mol. The molecule has 2 aliphatic heterocycles. The maximum absolute atomic E-state index is 12.4. The van der Waals surface area contributed by atoms with Crippen molar-refractivity contribution in [2.45, 2.75) is 57.0 Å². The molecule has 0 bridgehead atoms. The minimum atomic E-state index is -0.827. The van der Waals surface area contributed by atoms with Gasteiger partial charge in [-0.25, -0.2) is 0 Å². The van der Waals surface area contributed by atoms with Crippen LogP contribution in [0.2, 0.25) is 0 Å². The summed E-state index contributed by atoms with van der Waals surface area (Å²) >= 11 is 0. The van der Waals surface area contributed by atoms with E-state index in [2.05, 4.69) is 5.32 Å². The van der Waals surface area contributed by atoms with Gasteiger partial charge >= 0.3 is 5.97 Å². The highest BCUT2D eigenvalue weighted by molar-refractivity contribution is 5.91. The molecule has 6 nitrogen and oxygen atoms in total. The lowest BCUT2D eigenvalue weighted by atomic mass is 9.97. The molecule has 2 rings (SSSR count). The second-order valence-corrected chi connectivity index (χ2v) is 5.27. The van der Waals surface area contributed by atoms with Crippen molar-refractivity contribution < 1.29 is 19.5 Å². The quantitative estimate of drug-likeness (QED) is 0.778. The van der Waals surface area contributed by atoms with E-state index in [1.807, 2.05) is 0 Å². The van der Waals surface area contributed by atoms with Crippen molar-refractivity contribution in [2.24, 2.45) is 0 Å². The van der Waals surface area contributed by atoms with E-state index >= 15 is 0 Å². The number of aliphatic carboxylic acids is 1. The third-order valence-corrected chi connectivity index (χ3v) is 3.90. The predicted octanol–water partition coefficient (Wildman–Crippen LogP) is 0.511. The Labute approximate surface area is 112 Å². The van der Waals surface area contributed by atoms with Gasteiger partial charge in [-0.05, 0) is 32.1 Å². The number of carbonyl (C=O) groups excluding carboxylic acids is 2. The van der Waals surface area contributed by atoms with E-state index in [-0.39, 0.29) is 24.3 Å². The topological polar surface area (TPSA) is 86.7 Å². The Bertz CT molecular complexity index is 383. The standard InChI is InChI=1S/C13H20N2O4/c16-11-6-5-10(14-11)13(19)15-8-2-1-3-9(15)4-7-12(17)18/h9-10H,1-8H2,(H,14,16)(H,17,18). The van der Waals surface area contributed by atoms with Crippen LogP contribution < -0.4 is 5.32 Å². The summed E-state index contributed by atoms with van der Waals surface area (Å²) in [5.74, 6) is -0.939. The van der Waals surface area contributed by atoms with Crippen LogP contribution in [0, 0.1) is 0 Å². The number of nitrogens with zero attached hydrogens (tertiary/aromatic N) is 1. The average Bonchev–Trinajstić information content (AvgIpc) is 2.82. The van der Waals surface area contributed by atoms with Gasteiger partial charge in [-0.15, -0.1) is 0 Å². The summed E-state index contributed by atoms with van der Waals surface area (Å²) in [6.07, 6.45) is 4.40. The Morgan fingerprint density at radius 3 is 2.74 bits per heavy atom. The van der Waals surface area contributed by atoms with Crippen LogP contribution in [-0.4, -0.2) is 46.4 Å². The minimum absolute atomic E-state index is 0.00912. The van der Waals surface area contributed by atoms with Crippen LogP contribution in [0.25, 0.3) is 0 Å². The van der Waals surface area contributed by atoms with Crippen molar-refractivity contribution in [3.05, 3.63) is 0 Å². The normalized spacial score (nSPS) is 27.2. The lowest BCUT2D eigenvalue weighted by Crippen LogP contribution is -2.51. The second kappa shape index (κ2) is 6.04. The maximum atomic E-state index is 12.4. The fraction of sp³-hybridized carbons (Fsp3) is 0.769. The first-order valence-electron chi connectivity index (χ1n) is 6.89. The molecule has 0 aromatic heterocycles. The molecular formula is C13H20N2O4. The van der Waals surface area contributed by atoms with Crippen LogP contribution in [0.5, 0.6) is 0 Å². The van der Waals surface area contributed by atoms with E-state index in [1.165, 1.54) is 0 Å². The molecular weight excluding hydrogens is 248 g/mol. The van der Waals surface area contributed by atoms with Crippen molar-refractivity contribution in [2.75, 3.05) is 6.54 Å². The van der Waals surface area contributed by atoms with Crippen molar-refractivity contribution in [3.63, 3.8) is 0 Å². The van der Waals surface area contributed by atoms with Crippen molar-refractivity contribution >= 4 is 17.8 Å². The SMILES string of the molecule is O=C(O)CCC1CCCCN1C(=O)C1CCC(=O)N1. The van der Waals surface area contributed by atoms with Gasteiger partial charge in [0.15, 0.2) is 0 Å². The third-order valence-electron chi connectivity index (χ3n) is 3.90. The van der Waals surface area contributed by atoms with E-state index in [0.29, 0.717) is 25.8 Å². The number of amides is 2. The van der Waals surface area contributed by atoms with Gasteiger partial charge in [-0.1, -0.05) is 0 Å². The molecule has 0 aromatic rings. The van der Waals surface area contributed by atoms with Crippen molar-refractivity contribution in [3.8, 4) is 0 Å². The number of piperidine rings is 1. The zero-order valence-electron chi connectivity index (χ0n) is 10.9. The van der Waals surface area contributed by atoms with E-state index < -0.39 is 12.0 Å². The van der Waals surface area contributed by atoms with Gasteiger partial charge in [0.1, 0.15) is 6.04 Å². The Hall–Kier alpha value is -1.59. The summed E-state index contributed by atoms with van der Waals surface area (Å²) in [4.78, 5) is 36.0. The molecule has 2 saturated heterocycles. The predicted molar refractivity (Wildman–Crippen MR) is 67.4 cm³/mol. The Morgan fingerprint density at radius 2 is 2.11 bits per heavy atom. The molecule has 106 valence electrons. The van der Waals surface area contributed by atoms with E-state index in [9.17, 15) is 14.4 Å². The van der Waals surface area contributed by atoms with E-state index in [0.717, 1.165) is 19.3 Å². The average molecular weight is 268 g/mol. The summed E-state index contributed by atoms with van der Waals surface area (Å²) < 4.78 is 0. The van der Waals surface area contributed by atoms with Gasteiger partial charge in [0.05, 0.1) is 0 Å². The van der Waals surface area contributed by atoms with Crippen molar-refractivity contribution in [1.82, 2.24) is 10.2 Å². The summed E-state index contributed by atoms with van der Waals surface area (Å²) in [7, 11) is 0. The number of rotatable bonds is 4. The third kappa shape index (κ3) is 3.45. The molecule has 2 fully saturated rings. The van der Waals surface area contributed by atoms with Gasteiger partial charge in [0.25, 0.3) is 0 Å². The fourth-order valence-electron chi connectivity index (χ4n) is 2.88. The minimum Gasteiger partial charge on any atom is -0.481 e. The van der Waals surface area contributed by atoms with Gasteiger partial charge in [-0.2, -0.15) is 0 Å². The van der Waals surface area contributed by atoms with Crippen molar-refractivity contribution in [1.29, 1.82) is 0 Å². The number of nitrogens with one attached hydrogen (secondary N) is 1. The molecule has 0 spiro atoms. The number of carbonyl (C=O) groups is 3. The number of hydrogen-bond acceptors (Lipinski definition) is 3. The maximum Gasteiger partial charge on any atom is 0.303 e. The lowest BCUT2D eigenvalue weighted by molar-refractivity contribution is -0.141. The molecule has 2 heterocycles. The zero-order chi connectivity index (χ0) is 13.8. The van der Waals surface area contributed by atoms with Gasteiger partial charge in [0.2, 0.25) is 11.8 Å². The highest BCUT2D eigenvalue weighted by Gasteiger charge is 2.34. The van der Waals surface area contributed by atoms with Crippen LogP contribution in [0.1, 0.15) is 44.9 Å². The highest BCUT2D eigenvalue weighted by atomic mass is 16.4. The van der Waals surface area contributed by atoms with Gasteiger partial charge in [0, 0.05) is 25.4 Å². The molecule has 2 atom stereocenters. The van der Waals surface area contributed by atoms with Crippen LogP contribution in [0.3, 0.4) is 0 Å². The summed E-state index contributed by atoms with van der Waals surface area (Å²) in [6, 6.07) is -0.396. The number of carboxylic acids is 1. The lowest BCUT2D eigenvalue weighted by Gasteiger charge is -2.37. The highest BCUT2D eigenvalue weighted by Crippen LogP contribution is 2.23. The molecule has 2 unspecified atom stereocenters. The van der Waals surface area contributed by atoms with E-state index in [1.54, 1.807) is 4.90 Å². The second-order valence-electron chi connectivity index (χ2n) is 5.27. The summed E-state index contributed by atoms with van der Waals surface area (Å²) in [5.41, 5.74) is 0. The number of likely N-dealkylation sites (tertiary alicyclic amines) is 1. The molecule has 2 aliphatic rings. The molecule has 0 radical (unpaired) electrons. The first-order chi connectivity index (χ1) is 9.08. The molecule has 19 heavy (non-hydrogen) atoms. The Morgan fingerprint density at radius 1 is 1.32 bits per heavy atom. The van der Waals surface area contributed by atoms with Crippen LogP contribution >= 0.6 is 0 Å². The van der Waals surface area contributed by atoms with Crippen LogP contribution in [0.4, 0.5) is 0 Å². The Balaban J connectivity index is 1.96. The molecule has 2 N–H and O–H groups in total. The summed E-state index contributed by atoms with van der Waals surface area (Å²) in [5, 5.41) is 11.4. The van der Waals surface area contributed by atoms with Crippen LogP contribution in [0.15, 0.2) is 0 Å². The summed E-state index contributed by atoms with van der Waals surface area (Å²) in [6.45, 7) is 0.676. The number of carboxylic acid groups (broad SMARTS) is 1. The molecule has 6 heteroatoms. The van der Waals surface area contributed by atoms with E-state index in [4.69, 9.17) is 5.11 Å². The smallest absolute Gasteiger partial charge is 0.303 e. The fourth-order valence-corrected chi connectivity index (χ4v) is 2.88. The zero-order valence-corrected chi connectivity index (χ0v) is 10.9. The van der Waals surface area contributed by atoms with Crippen LogP contribution in [-0.2, 0) is 14.4 Å². The molecule has 0 aliphatic carbocycles. The first-order valence-corrected chi connectivity index (χ1v) is 6.89. The van der Waals surface area contributed by atoms with Gasteiger partial charge in [-0.3, -0.25) is 14.4 Å². The molecule has 0 aromatic carbocycles. The largest absolute Gasteiger partial charge is 0.481 e. The molecule has 0 saturated carbocycles. The van der Waals surface area contributed by atoms with Gasteiger partial charge < -0.3 is 15.3 Å². The number of hydrogen-bond donors (Lipinski definition) is 2.